The largest absolute Gasteiger partial charge is 0.508 e. The number of phenols is 1. The van der Waals surface area contributed by atoms with Gasteiger partial charge >= 0.3 is 12.4 Å². The van der Waals surface area contributed by atoms with Crippen molar-refractivity contribution in [3.8, 4) is 5.75 Å². The van der Waals surface area contributed by atoms with Gasteiger partial charge in [-0.1, -0.05) is 0 Å². The molecule has 3 N–H and O–H groups in total. The molecule has 0 aliphatic heterocycles. The normalized spacial score (nSPS) is 12.5. The highest BCUT2D eigenvalue weighted by Gasteiger charge is 2.41. The molecule has 0 fully saturated rings. The van der Waals surface area contributed by atoms with Gasteiger partial charge in [-0.15, -0.1) is 0 Å². The summed E-state index contributed by atoms with van der Waals surface area (Å²) in [4.78, 5) is 10.6. The molecule has 0 saturated carbocycles. The van der Waals surface area contributed by atoms with Gasteiger partial charge < -0.3 is 10.8 Å². The van der Waals surface area contributed by atoms with Crippen LogP contribution in [0.5, 0.6) is 5.75 Å². The van der Waals surface area contributed by atoms with E-state index in [-0.39, 0.29) is 12.1 Å². The van der Waals surface area contributed by atoms with E-state index in [1.807, 2.05) is 0 Å². The molecule has 0 radical (unpaired) electrons. The van der Waals surface area contributed by atoms with Gasteiger partial charge in [-0.2, -0.15) is 26.3 Å². The molecule has 0 aromatic heterocycles. The average Bonchev–Trinajstić information content (AvgIpc) is 2.16. The second-order valence-electron chi connectivity index (χ2n) is 3.66. The quantitative estimate of drug-likeness (QED) is 0.821. The second-order valence-corrected chi connectivity index (χ2v) is 3.66. The number of benzene rings is 1. The molecular formula is C10H7F6NO2. The van der Waals surface area contributed by atoms with Crippen molar-refractivity contribution in [2.24, 2.45) is 5.73 Å². The highest BCUT2D eigenvalue weighted by molar-refractivity contribution is 5.78. The van der Waals surface area contributed by atoms with Gasteiger partial charge in [0.1, 0.15) is 5.75 Å². The van der Waals surface area contributed by atoms with Crippen LogP contribution in [0.15, 0.2) is 12.1 Å². The molecule has 0 bridgehead atoms. The summed E-state index contributed by atoms with van der Waals surface area (Å²) < 4.78 is 75.7. The van der Waals surface area contributed by atoms with Gasteiger partial charge in [0.15, 0.2) is 0 Å². The molecule has 0 aliphatic rings. The Kier molecular flexibility index (Phi) is 3.69. The van der Waals surface area contributed by atoms with Crippen molar-refractivity contribution < 1.29 is 36.2 Å². The number of carbonyl (C=O) groups excluding carboxylic acids is 1. The first kappa shape index (κ1) is 15.1. The Bertz CT molecular complexity index is 471. The minimum atomic E-state index is -5.15. The SMILES string of the molecule is NC(=O)Cc1c(C(F)(F)F)cc(O)cc1C(F)(F)F. The molecule has 1 rings (SSSR count). The van der Waals surface area contributed by atoms with Crippen LogP contribution in [0.1, 0.15) is 16.7 Å². The van der Waals surface area contributed by atoms with Gasteiger partial charge in [-0.3, -0.25) is 4.79 Å². The number of nitrogens with two attached hydrogens (primary N) is 1. The molecule has 1 aromatic rings. The maximum atomic E-state index is 12.6. The minimum Gasteiger partial charge on any atom is -0.508 e. The number of primary amides is 1. The number of hydrogen-bond donors (Lipinski definition) is 2. The number of phenolic OH excluding ortho intramolecular Hbond substituents is 1. The highest BCUT2D eigenvalue weighted by atomic mass is 19.4. The van der Waals surface area contributed by atoms with Gasteiger partial charge in [0.25, 0.3) is 0 Å². The lowest BCUT2D eigenvalue weighted by Gasteiger charge is -2.18. The Labute approximate surface area is 102 Å². The van der Waals surface area contributed by atoms with Crippen molar-refractivity contribution in [2.45, 2.75) is 18.8 Å². The molecule has 106 valence electrons. The average molecular weight is 287 g/mol. The standard InChI is InChI=1S/C10H7F6NO2/c11-9(12,13)6-1-4(18)2-7(10(14,15)16)5(6)3-8(17)19/h1-2,18H,3H2,(H2,17,19). The fourth-order valence-electron chi connectivity index (χ4n) is 1.53. The van der Waals surface area contributed by atoms with Crippen LogP contribution < -0.4 is 5.73 Å². The number of carbonyl (C=O) groups is 1. The molecular weight excluding hydrogens is 280 g/mol. The van der Waals surface area contributed by atoms with Crippen molar-refractivity contribution in [2.75, 3.05) is 0 Å². The molecule has 0 spiro atoms. The van der Waals surface area contributed by atoms with E-state index in [0.29, 0.717) is 0 Å². The van der Waals surface area contributed by atoms with Crippen molar-refractivity contribution >= 4 is 5.91 Å². The van der Waals surface area contributed by atoms with E-state index in [1.54, 1.807) is 0 Å². The summed E-state index contributed by atoms with van der Waals surface area (Å²) in [6, 6.07) is 0.237. The zero-order valence-electron chi connectivity index (χ0n) is 9.06. The zero-order valence-corrected chi connectivity index (χ0v) is 9.06. The van der Waals surface area contributed by atoms with Crippen LogP contribution >= 0.6 is 0 Å². The molecule has 1 aromatic carbocycles. The first-order chi connectivity index (χ1) is 8.43. The van der Waals surface area contributed by atoms with Gasteiger partial charge in [0, 0.05) is 0 Å². The van der Waals surface area contributed by atoms with E-state index in [2.05, 4.69) is 5.73 Å². The fraction of sp³-hybridized carbons (Fsp3) is 0.300. The molecule has 1 amide bonds. The lowest BCUT2D eigenvalue weighted by atomic mass is 9.96. The Morgan fingerprint density at radius 2 is 1.42 bits per heavy atom. The van der Waals surface area contributed by atoms with Crippen LogP contribution in [0, 0.1) is 0 Å². The fourth-order valence-corrected chi connectivity index (χ4v) is 1.53. The Morgan fingerprint density at radius 1 is 1.05 bits per heavy atom. The van der Waals surface area contributed by atoms with Gasteiger partial charge in [0.2, 0.25) is 5.91 Å². The summed E-state index contributed by atoms with van der Waals surface area (Å²) in [5.74, 6) is -2.55. The summed E-state index contributed by atoms with van der Waals surface area (Å²) in [7, 11) is 0. The molecule has 0 saturated heterocycles. The van der Waals surface area contributed by atoms with Gasteiger partial charge in [-0.25, -0.2) is 0 Å². The lowest BCUT2D eigenvalue weighted by molar-refractivity contribution is -0.144. The first-order valence-corrected chi connectivity index (χ1v) is 4.71. The Morgan fingerprint density at radius 3 is 1.68 bits per heavy atom. The molecule has 9 heteroatoms. The monoisotopic (exact) mass is 287 g/mol. The summed E-state index contributed by atoms with van der Waals surface area (Å²) in [5.41, 5.74) is -0.125. The lowest BCUT2D eigenvalue weighted by Crippen LogP contribution is -2.22. The van der Waals surface area contributed by atoms with Crippen molar-refractivity contribution in [1.82, 2.24) is 0 Å². The first-order valence-electron chi connectivity index (χ1n) is 4.71. The molecule has 0 atom stereocenters. The maximum absolute atomic E-state index is 12.6. The predicted octanol–water partition coefficient (Wildman–Crippen LogP) is 2.46. The van der Waals surface area contributed by atoms with Crippen molar-refractivity contribution in [3.63, 3.8) is 0 Å². The van der Waals surface area contributed by atoms with E-state index in [4.69, 9.17) is 5.11 Å². The van der Waals surface area contributed by atoms with Crippen LogP contribution in [0.2, 0.25) is 0 Å². The van der Waals surface area contributed by atoms with E-state index in [0.717, 1.165) is 0 Å². The molecule has 0 heterocycles. The third-order valence-corrected chi connectivity index (χ3v) is 2.20. The van der Waals surface area contributed by atoms with Crippen LogP contribution in [0.25, 0.3) is 0 Å². The zero-order chi connectivity index (χ0) is 15.0. The van der Waals surface area contributed by atoms with Crippen LogP contribution in [0.3, 0.4) is 0 Å². The summed E-state index contributed by atoms with van der Waals surface area (Å²) in [6.07, 6.45) is -11.5. The number of halogens is 6. The van der Waals surface area contributed by atoms with E-state index >= 15 is 0 Å². The summed E-state index contributed by atoms with van der Waals surface area (Å²) in [6.45, 7) is 0. The van der Waals surface area contributed by atoms with Crippen molar-refractivity contribution in [3.05, 3.63) is 28.8 Å². The topological polar surface area (TPSA) is 63.3 Å². The molecule has 19 heavy (non-hydrogen) atoms. The Balaban J connectivity index is 3.63. The number of aromatic hydroxyl groups is 1. The van der Waals surface area contributed by atoms with Crippen LogP contribution in [0.4, 0.5) is 26.3 Å². The highest BCUT2D eigenvalue weighted by Crippen LogP contribution is 2.41. The van der Waals surface area contributed by atoms with Gasteiger partial charge in [-0.05, 0) is 17.7 Å². The Hall–Kier alpha value is -1.93. The van der Waals surface area contributed by atoms with Gasteiger partial charge in [0.05, 0.1) is 17.5 Å². The molecule has 0 unspecified atom stereocenters. The number of hydrogen-bond acceptors (Lipinski definition) is 2. The maximum Gasteiger partial charge on any atom is 0.416 e. The molecule has 3 nitrogen and oxygen atoms in total. The summed E-state index contributed by atoms with van der Waals surface area (Å²) in [5, 5.41) is 8.96. The number of rotatable bonds is 2. The number of alkyl halides is 6. The predicted molar refractivity (Wildman–Crippen MR) is 51.0 cm³/mol. The molecule has 0 aliphatic carbocycles. The van der Waals surface area contributed by atoms with E-state index < -0.39 is 47.1 Å². The second kappa shape index (κ2) is 4.63. The smallest absolute Gasteiger partial charge is 0.416 e. The third-order valence-electron chi connectivity index (χ3n) is 2.20. The van der Waals surface area contributed by atoms with E-state index in [1.165, 1.54) is 0 Å². The van der Waals surface area contributed by atoms with Crippen LogP contribution in [-0.2, 0) is 23.6 Å². The third kappa shape index (κ3) is 3.52. The van der Waals surface area contributed by atoms with Crippen molar-refractivity contribution in [1.29, 1.82) is 0 Å². The van der Waals surface area contributed by atoms with Crippen LogP contribution in [-0.4, -0.2) is 11.0 Å². The summed E-state index contributed by atoms with van der Waals surface area (Å²) >= 11 is 0. The van der Waals surface area contributed by atoms with E-state index in [9.17, 15) is 31.1 Å². The minimum absolute atomic E-state index is 0.119. The number of amides is 1.